The van der Waals surface area contributed by atoms with Gasteiger partial charge in [-0.05, 0) is 71.8 Å². The highest BCUT2D eigenvalue weighted by Crippen LogP contribution is 2.37. The molecule has 0 radical (unpaired) electrons. The number of halogens is 1. The molecule has 19 heavy (non-hydrogen) atoms. The van der Waals surface area contributed by atoms with Crippen LogP contribution in [-0.4, -0.2) is 22.9 Å². The molecule has 2 aliphatic rings. The Bertz CT molecular complexity index is 460. The summed E-state index contributed by atoms with van der Waals surface area (Å²) >= 11 is 5.06. The lowest BCUT2D eigenvalue weighted by Crippen LogP contribution is -2.43. The maximum Gasteiger partial charge on any atom is 0.265 e. The first-order valence-electron chi connectivity index (χ1n) is 7.22. The number of hydrogen-bond acceptors (Lipinski definition) is 2. The largest absolute Gasteiger partial charge is 0.332 e. The summed E-state index contributed by atoms with van der Waals surface area (Å²) in [7, 11) is 0. The second-order valence-corrected chi connectivity index (χ2v) is 7.73. The Morgan fingerprint density at radius 2 is 1.79 bits per heavy atom. The van der Waals surface area contributed by atoms with Gasteiger partial charge in [-0.1, -0.05) is 6.92 Å². The van der Waals surface area contributed by atoms with Crippen LogP contribution in [-0.2, 0) is 0 Å². The average molecular weight is 342 g/mol. The molecular formula is C15H20BrNOS. The maximum absolute atomic E-state index is 12.8. The molecule has 0 N–H and O–H groups in total. The van der Waals surface area contributed by atoms with Gasteiger partial charge >= 0.3 is 0 Å². The van der Waals surface area contributed by atoms with E-state index in [0.717, 1.165) is 15.3 Å². The van der Waals surface area contributed by atoms with Gasteiger partial charge in [0, 0.05) is 16.6 Å². The van der Waals surface area contributed by atoms with E-state index in [2.05, 4.69) is 27.8 Å². The fraction of sp³-hybridized carbons (Fsp3) is 0.667. The number of carbonyl (C=O) groups excluding carboxylic acids is 1. The molecule has 2 aliphatic carbocycles. The lowest BCUT2D eigenvalue weighted by molar-refractivity contribution is 0.0597. The van der Waals surface area contributed by atoms with Crippen LogP contribution in [0.2, 0.25) is 0 Å². The molecule has 1 aromatic rings. The van der Waals surface area contributed by atoms with E-state index in [1.54, 1.807) is 11.3 Å². The van der Waals surface area contributed by atoms with E-state index < -0.39 is 0 Å². The highest BCUT2D eigenvalue weighted by atomic mass is 79.9. The summed E-state index contributed by atoms with van der Waals surface area (Å²) in [6.07, 6.45) is 7.31. The average Bonchev–Trinajstić information content (AvgIpc) is 3.13. The van der Waals surface area contributed by atoms with Crippen molar-refractivity contribution < 1.29 is 4.79 Å². The zero-order chi connectivity index (χ0) is 13.4. The van der Waals surface area contributed by atoms with E-state index in [9.17, 15) is 4.79 Å². The molecule has 3 rings (SSSR count). The third-order valence-corrected chi connectivity index (χ3v) is 6.19. The van der Waals surface area contributed by atoms with Gasteiger partial charge in [-0.25, -0.2) is 0 Å². The summed E-state index contributed by atoms with van der Waals surface area (Å²) in [5.41, 5.74) is 0. The van der Waals surface area contributed by atoms with Crippen molar-refractivity contribution in [2.75, 3.05) is 0 Å². The smallest absolute Gasteiger partial charge is 0.265 e. The molecule has 1 aromatic heterocycles. The zero-order valence-corrected chi connectivity index (χ0v) is 13.7. The fourth-order valence-corrected chi connectivity index (χ4v) is 4.55. The molecule has 2 fully saturated rings. The second-order valence-electron chi connectivity index (χ2n) is 5.95. The van der Waals surface area contributed by atoms with Gasteiger partial charge < -0.3 is 4.90 Å². The van der Waals surface area contributed by atoms with Crippen molar-refractivity contribution in [3.8, 4) is 0 Å². The van der Waals surface area contributed by atoms with Crippen molar-refractivity contribution in [3.63, 3.8) is 0 Å². The van der Waals surface area contributed by atoms with E-state index in [-0.39, 0.29) is 5.91 Å². The minimum Gasteiger partial charge on any atom is -0.332 e. The summed E-state index contributed by atoms with van der Waals surface area (Å²) in [4.78, 5) is 15.9. The Hall–Kier alpha value is -0.350. The Morgan fingerprint density at radius 3 is 2.26 bits per heavy atom. The minimum atomic E-state index is 0.254. The molecule has 4 heteroatoms. The lowest BCUT2D eigenvalue weighted by atomic mass is 9.86. The predicted octanol–water partition coefficient (Wildman–Crippen LogP) is 4.69. The quantitative estimate of drug-likeness (QED) is 0.780. The van der Waals surface area contributed by atoms with Crippen molar-refractivity contribution >= 4 is 33.2 Å². The van der Waals surface area contributed by atoms with E-state index in [4.69, 9.17) is 0 Å². The number of rotatable bonds is 3. The molecule has 0 spiro atoms. The first-order valence-corrected chi connectivity index (χ1v) is 8.89. The van der Waals surface area contributed by atoms with E-state index in [1.165, 1.54) is 38.5 Å². The summed E-state index contributed by atoms with van der Waals surface area (Å²) in [5, 5.41) is 1.99. The highest BCUT2D eigenvalue weighted by molar-refractivity contribution is 9.10. The highest BCUT2D eigenvalue weighted by Gasteiger charge is 2.39. The Labute approximate surface area is 127 Å². The van der Waals surface area contributed by atoms with Gasteiger partial charge in [-0.2, -0.15) is 0 Å². The first kappa shape index (κ1) is 13.6. The van der Waals surface area contributed by atoms with Crippen LogP contribution in [0.1, 0.15) is 55.1 Å². The number of thiophene rings is 1. The molecule has 0 atom stereocenters. The van der Waals surface area contributed by atoms with Crippen molar-refractivity contribution in [2.24, 2.45) is 5.92 Å². The molecule has 0 bridgehead atoms. The van der Waals surface area contributed by atoms with Gasteiger partial charge in [0.05, 0.1) is 0 Å². The van der Waals surface area contributed by atoms with Crippen LogP contribution in [0, 0.1) is 5.92 Å². The topological polar surface area (TPSA) is 20.3 Å². The van der Waals surface area contributed by atoms with E-state index in [1.807, 2.05) is 11.4 Å². The fourth-order valence-electron chi connectivity index (χ4n) is 3.07. The number of amides is 1. The second kappa shape index (κ2) is 5.57. The lowest BCUT2D eigenvalue weighted by Gasteiger charge is -2.36. The third-order valence-electron chi connectivity index (χ3n) is 4.36. The number of hydrogen-bond donors (Lipinski definition) is 0. The number of nitrogens with zero attached hydrogens (tertiary/aromatic N) is 1. The molecule has 0 aliphatic heterocycles. The van der Waals surface area contributed by atoms with Crippen molar-refractivity contribution in [2.45, 2.75) is 57.5 Å². The zero-order valence-electron chi connectivity index (χ0n) is 11.3. The molecule has 2 nitrogen and oxygen atoms in total. The molecule has 0 saturated heterocycles. The van der Waals surface area contributed by atoms with Crippen LogP contribution < -0.4 is 0 Å². The Balaban J connectivity index is 1.78. The molecule has 0 aromatic carbocycles. The molecule has 1 heterocycles. The van der Waals surface area contributed by atoms with E-state index in [0.29, 0.717) is 12.1 Å². The van der Waals surface area contributed by atoms with Crippen molar-refractivity contribution in [1.29, 1.82) is 0 Å². The van der Waals surface area contributed by atoms with Crippen LogP contribution in [0.3, 0.4) is 0 Å². The van der Waals surface area contributed by atoms with E-state index >= 15 is 0 Å². The SMILES string of the molecule is CC1CCC(N(C(=O)c2sccc2Br)C2CC2)CC1. The van der Waals surface area contributed by atoms with Crippen molar-refractivity contribution in [1.82, 2.24) is 4.90 Å². The normalized spacial score (nSPS) is 27.3. The van der Waals surface area contributed by atoms with Gasteiger partial charge in [0.15, 0.2) is 0 Å². The molecule has 2 saturated carbocycles. The van der Waals surface area contributed by atoms with Gasteiger partial charge in [0.25, 0.3) is 5.91 Å². The third kappa shape index (κ3) is 2.89. The van der Waals surface area contributed by atoms with Crippen LogP contribution in [0.25, 0.3) is 0 Å². The summed E-state index contributed by atoms with van der Waals surface area (Å²) in [6, 6.07) is 2.97. The van der Waals surface area contributed by atoms with Gasteiger partial charge in [0.1, 0.15) is 4.88 Å². The number of carbonyl (C=O) groups is 1. The predicted molar refractivity (Wildman–Crippen MR) is 82.6 cm³/mol. The Kier molecular flexibility index (Phi) is 3.99. The maximum atomic E-state index is 12.8. The van der Waals surface area contributed by atoms with Crippen LogP contribution in [0.15, 0.2) is 15.9 Å². The first-order chi connectivity index (χ1) is 9.16. The summed E-state index contributed by atoms with van der Waals surface area (Å²) < 4.78 is 0.956. The monoisotopic (exact) mass is 341 g/mol. The van der Waals surface area contributed by atoms with Gasteiger partial charge in [-0.3, -0.25) is 4.79 Å². The Morgan fingerprint density at radius 1 is 1.21 bits per heavy atom. The summed E-state index contributed by atoms with van der Waals surface area (Å²) in [5.74, 6) is 1.09. The summed E-state index contributed by atoms with van der Waals surface area (Å²) in [6.45, 7) is 2.33. The molecule has 0 unspecified atom stereocenters. The molecule has 104 valence electrons. The van der Waals surface area contributed by atoms with Gasteiger partial charge in [0.2, 0.25) is 0 Å². The molecule has 1 amide bonds. The minimum absolute atomic E-state index is 0.254. The van der Waals surface area contributed by atoms with Crippen LogP contribution in [0.5, 0.6) is 0 Å². The molecular weight excluding hydrogens is 322 g/mol. The standard InChI is InChI=1S/C15H20BrNOS/c1-10-2-4-11(5-3-10)17(12-6-7-12)15(18)14-13(16)8-9-19-14/h8-12H,2-7H2,1H3. The van der Waals surface area contributed by atoms with Crippen molar-refractivity contribution in [3.05, 3.63) is 20.8 Å². The van der Waals surface area contributed by atoms with Crippen LogP contribution in [0.4, 0.5) is 0 Å². The van der Waals surface area contributed by atoms with Crippen LogP contribution >= 0.6 is 27.3 Å². The van der Waals surface area contributed by atoms with Gasteiger partial charge in [-0.15, -0.1) is 11.3 Å².